The minimum atomic E-state index is -0.592. The second-order valence-corrected chi connectivity index (χ2v) is 3.90. The topological polar surface area (TPSA) is 46.5 Å². The molecule has 1 aliphatic rings. The van der Waals surface area contributed by atoms with Crippen LogP contribution in [0, 0.1) is 0 Å². The molecule has 1 saturated carbocycles. The van der Waals surface area contributed by atoms with E-state index in [1.165, 1.54) is 6.08 Å². The van der Waals surface area contributed by atoms with Gasteiger partial charge < -0.3 is 9.84 Å². The SMILES string of the molecule is CC(=CC(C)O)C(=O)OC1CCCC1. The van der Waals surface area contributed by atoms with Gasteiger partial charge in [-0.1, -0.05) is 0 Å². The molecular formula is C11H18O3. The van der Waals surface area contributed by atoms with Crippen LogP contribution in [0.2, 0.25) is 0 Å². The van der Waals surface area contributed by atoms with Crippen LogP contribution in [0.5, 0.6) is 0 Å². The second-order valence-electron chi connectivity index (χ2n) is 3.90. The standard InChI is InChI=1S/C11H18O3/c1-8(7-9(2)12)11(13)14-10-5-3-4-6-10/h7,9-10,12H,3-6H2,1-2H3. The summed E-state index contributed by atoms with van der Waals surface area (Å²) in [5.74, 6) is -0.294. The highest BCUT2D eigenvalue weighted by atomic mass is 16.5. The molecule has 0 spiro atoms. The van der Waals surface area contributed by atoms with Crippen molar-refractivity contribution in [2.45, 2.75) is 51.7 Å². The van der Waals surface area contributed by atoms with E-state index < -0.39 is 6.10 Å². The van der Waals surface area contributed by atoms with Gasteiger partial charge in [0, 0.05) is 5.57 Å². The van der Waals surface area contributed by atoms with Crippen LogP contribution < -0.4 is 0 Å². The van der Waals surface area contributed by atoms with Gasteiger partial charge in [0.05, 0.1) is 6.10 Å². The van der Waals surface area contributed by atoms with Gasteiger partial charge in [-0.15, -0.1) is 0 Å². The number of carbonyl (C=O) groups excluding carboxylic acids is 1. The molecule has 0 aliphatic heterocycles. The molecular weight excluding hydrogens is 180 g/mol. The summed E-state index contributed by atoms with van der Waals surface area (Å²) >= 11 is 0. The third-order valence-electron chi connectivity index (χ3n) is 2.39. The number of esters is 1. The van der Waals surface area contributed by atoms with Crippen molar-refractivity contribution in [3.05, 3.63) is 11.6 Å². The Morgan fingerprint density at radius 1 is 1.50 bits per heavy atom. The summed E-state index contributed by atoms with van der Waals surface area (Å²) in [4.78, 5) is 11.4. The van der Waals surface area contributed by atoms with E-state index in [1.54, 1.807) is 13.8 Å². The average molecular weight is 198 g/mol. The summed E-state index contributed by atoms with van der Waals surface area (Å²) in [5.41, 5.74) is 0.492. The molecule has 3 nitrogen and oxygen atoms in total. The highest BCUT2D eigenvalue weighted by Crippen LogP contribution is 2.21. The van der Waals surface area contributed by atoms with Crippen LogP contribution in [0.15, 0.2) is 11.6 Å². The number of carbonyl (C=O) groups is 1. The van der Waals surface area contributed by atoms with E-state index in [9.17, 15) is 4.79 Å². The summed E-state index contributed by atoms with van der Waals surface area (Å²) in [6.07, 6.45) is 5.28. The van der Waals surface area contributed by atoms with Gasteiger partial charge >= 0.3 is 5.97 Å². The zero-order valence-corrected chi connectivity index (χ0v) is 8.82. The lowest BCUT2D eigenvalue weighted by Crippen LogP contribution is -2.16. The molecule has 1 aliphatic carbocycles. The molecule has 1 unspecified atom stereocenters. The van der Waals surface area contributed by atoms with Gasteiger partial charge in [-0.25, -0.2) is 4.79 Å². The Labute approximate surface area is 84.8 Å². The first-order valence-electron chi connectivity index (χ1n) is 5.17. The maximum absolute atomic E-state index is 11.4. The molecule has 0 aromatic carbocycles. The maximum atomic E-state index is 11.4. The predicted octanol–water partition coefficient (Wildman–Crippen LogP) is 1.80. The number of hydrogen-bond acceptors (Lipinski definition) is 3. The molecule has 0 aromatic heterocycles. The Bertz CT molecular complexity index is 225. The van der Waals surface area contributed by atoms with Crippen LogP contribution in [-0.2, 0) is 9.53 Å². The van der Waals surface area contributed by atoms with E-state index in [-0.39, 0.29) is 12.1 Å². The lowest BCUT2D eigenvalue weighted by Gasteiger charge is -2.11. The third-order valence-corrected chi connectivity index (χ3v) is 2.39. The zero-order chi connectivity index (χ0) is 10.6. The fourth-order valence-corrected chi connectivity index (χ4v) is 1.68. The monoisotopic (exact) mass is 198 g/mol. The average Bonchev–Trinajstić information content (AvgIpc) is 2.55. The lowest BCUT2D eigenvalue weighted by atomic mass is 10.2. The highest BCUT2D eigenvalue weighted by molar-refractivity contribution is 5.87. The first kappa shape index (κ1) is 11.2. The summed E-state index contributed by atoms with van der Waals surface area (Å²) in [6, 6.07) is 0. The Morgan fingerprint density at radius 3 is 2.57 bits per heavy atom. The van der Waals surface area contributed by atoms with Crippen LogP contribution >= 0.6 is 0 Å². The van der Waals surface area contributed by atoms with Crippen molar-refractivity contribution in [2.24, 2.45) is 0 Å². The Balaban J connectivity index is 2.40. The van der Waals surface area contributed by atoms with Crippen molar-refractivity contribution in [2.75, 3.05) is 0 Å². The van der Waals surface area contributed by atoms with Crippen LogP contribution in [0.25, 0.3) is 0 Å². The molecule has 3 heteroatoms. The molecule has 1 N–H and O–H groups in total. The van der Waals surface area contributed by atoms with Crippen molar-refractivity contribution in [1.29, 1.82) is 0 Å². The van der Waals surface area contributed by atoms with Gasteiger partial charge in [-0.3, -0.25) is 0 Å². The first-order chi connectivity index (χ1) is 6.59. The molecule has 1 atom stereocenters. The molecule has 0 amide bonds. The summed E-state index contributed by atoms with van der Waals surface area (Å²) < 4.78 is 5.26. The normalized spacial score (nSPS) is 20.9. The van der Waals surface area contributed by atoms with E-state index in [0.29, 0.717) is 5.57 Å². The van der Waals surface area contributed by atoms with E-state index in [1.807, 2.05) is 0 Å². The number of aliphatic hydroxyl groups excluding tert-OH is 1. The van der Waals surface area contributed by atoms with E-state index >= 15 is 0 Å². The lowest BCUT2D eigenvalue weighted by molar-refractivity contribution is -0.143. The van der Waals surface area contributed by atoms with Gasteiger partial charge in [-0.2, -0.15) is 0 Å². The summed E-state index contributed by atoms with van der Waals surface area (Å²) in [7, 11) is 0. The van der Waals surface area contributed by atoms with E-state index in [0.717, 1.165) is 25.7 Å². The third kappa shape index (κ3) is 3.50. The predicted molar refractivity (Wildman–Crippen MR) is 53.8 cm³/mol. The maximum Gasteiger partial charge on any atom is 0.333 e. The van der Waals surface area contributed by atoms with Gasteiger partial charge in [0.2, 0.25) is 0 Å². The number of aliphatic hydroxyl groups is 1. The van der Waals surface area contributed by atoms with Crippen molar-refractivity contribution < 1.29 is 14.6 Å². The first-order valence-corrected chi connectivity index (χ1v) is 5.17. The molecule has 1 fully saturated rings. The van der Waals surface area contributed by atoms with Crippen molar-refractivity contribution in [3.63, 3.8) is 0 Å². The van der Waals surface area contributed by atoms with Gasteiger partial charge in [0.25, 0.3) is 0 Å². The molecule has 14 heavy (non-hydrogen) atoms. The molecule has 80 valence electrons. The molecule has 0 heterocycles. The number of hydrogen-bond donors (Lipinski definition) is 1. The van der Waals surface area contributed by atoms with Crippen molar-refractivity contribution in [1.82, 2.24) is 0 Å². The van der Waals surface area contributed by atoms with Gasteiger partial charge in [0.1, 0.15) is 6.10 Å². The van der Waals surface area contributed by atoms with Gasteiger partial charge in [-0.05, 0) is 45.6 Å². The van der Waals surface area contributed by atoms with Crippen molar-refractivity contribution >= 4 is 5.97 Å². The largest absolute Gasteiger partial charge is 0.459 e. The molecule has 0 aromatic rings. The zero-order valence-electron chi connectivity index (χ0n) is 8.82. The quantitative estimate of drug-likeness (QED) is 0.555. The highest BCUT2D eigenvalue weighted by Gasteiger charge is 2.19. The van der Waals surface area contributed by atoms with E-state index in [2.05, 4.69) is 0 Å². The summed E-state index contributed by atoms with van der Waals surface area (Å²) in [6.45, 7) is 3.29. The second kappa shape index (κ2) is 5.15. The molecule has 0 bridgehead atoms. The summed E-state index contributed by atoms with van der Waals surface area (Å²) in [5, 5.41) is 9.05. The van der Waals surface area contributed by atoms with Crippen LogP contribution in [0.1, 0.15) is 39.5 Å². The Hall–Kier alpha value is -0.830. The Morgan fingerprint density at radius 2 is 2.07 bits per heavy atom. The molecule has 0 radical (unpaired) electrons. The minimum absolute atomic E-state index is 0.0971. The van der Waals surface area contributed by atoms with Crippen LogP contribution in [0.4, 0.5) is 0 Å². The fraction of sp³-hybridized carbons (Fsp3) is 0.727. The molecule has 0 saturated heterocycles. The van der Waals surface area contributed by atoms with Crippen LogP contribution in [-0.4, -0.2) is 23.3 Å². The fourth-order valence-electron chi connectivity index (χ4n) is 1.68. The van der Waals surface area contributed by atoms with E-state index in [4.69, 9.17) is 9.84 Å². The number of ether oxygens (including phenoxy) is 1. The molecule has 1 rings (SSSR count). The van der Waals surface area contributed by atoms with Gasteiger partial charge in [0.15, 0.2) is 0 Å². The minimum Gasteiger partial charge on any atom is -0.459 e. The smallest absolute Gasteiger partial charge is 0.333 e. The number of rotatable bonds is 3. The van der Waals surface area contributed by atoms with Crippen LogP contribution in [0.3, 0.4) is 0 Å². The Kier molecular flexibility index (Phi) is 4.14. The van der Waals surface area contributed by atoms with Crippen molar-refractivity contribution in [3.8, 4) is 0 Å².